The maximum absolute atomic E-state index is 4.23. The lowest BCUT2D eigenvalue weighted by Crippen LogP contribution is -2.00. The monoisotopic (exact) mass is 162 g/mol. The summed E-state index contributed by atoms with van der Waals surface area (Å²) in [7, 11) is 0. The van der Waals surface area contributed by atoms with Crippen molar-refractivity contribution in [3.05, 3.63) is 24.3 Å². The van der Waals surface area contributed by atoms with Crippen LogP contribution >= 0.6 is 0 Å². The van der Waals surface area contributed by atoms with Crippen LogP contribution in [0.4, 0.5) is 0 Å². The SMILES string of the molecule is c1cc(CC2CCCC2)ncn1. The summed E-state index contributed by atoms with van der Waals surface area (Å²) in [5.74, 6) is 0.889. The van der Waals surface area contributed by atoms with Gasteiger partial charge < -0.3 is 0 Å². The molecule has 1 aliphatic carbocycles. The molecule has 12 heavy (non-hydrogen) atoms. The minimum atomic E-state index is 0.889. The highest BCUT2D eigenvalue weighted by molar-refractivity contribution is 4.99. The Balaban J connectivity index is 1.94. The Morgan fingerprint density at radius 3 is 2.83 bits per heavy atom. The Morgan fingerprint density at radius 2 is 2.17 bits per heavy atom. The van der Waals surface area contributed by atoms with Gasteiger partial charge in [0.05, 0.1) is 0 Å². The van der Waals surface area contributed by atoms with Crippen LogP contribution in [0.15, 0.2) is 18.6 Å². The van der Waals surface area contributed by atoms with Crippen LogP contribution in [-0.4, -0.2) is 9.97 Å². The van der Waals surface area contributed by atoms with E-state index in [1.54, 1.807) is 6.33 Å². The average Bonchev–Trinajstić information content (AvgIpc) is 2.59. The highest BCUT2D eigenvalue weighted by Crippen LogP contribution is 2.27. The normalized spacial score (nSPS) is 18.3. The Labute approximate surface area is 73.1 Å². The van der Waals surface area contributed by atoms with Gasteiger partial charge in [-0.05, 0) is 18.4 Å². The quantitative estimate of drug-likeness (QED) is 0.666. The van der Waals surface area contributed by atoms with Crippen LogP contribution in [0.25, 0.3) is 0 Å². The molecule has 1 saturated carbocycles. The Kier molecular flexibility index (Phi) is 2.35. The minimum absolute atomic E-state index is 0.889. The molecule has 64 valence electrons. The predicted molar refractivity (Wildman–Crippen MR) is 47.7 cm³/mol. The van der Waals surface area contributed by atoms with Crippen LogP contribution in [0, 0.1) is 5.92 Å². The summed E-state index contributed by atoms with van der Waals surface area (Å²) in [6, 6.07) is 2.03. The summed E-state index contributed by atoms with van der Waals surface area (Å²) in [5.41, 5.74) is 1.21. The topological polar surface area (TPSA) is 25.8 Å². The van der Waals surface area contributed by atoms with Crippen molar-refractivity contribution in [1.29, 1.82) is 0 Å². The second-order valence-electron chi connectivity index (χ2n) is 3.56. The second kappa shape index (κ2) is 3.65. The summed E-state index contributed by atoms with van der Waals surface area (Å²) >= 11 is 0. The smallest absolute Gasteiger partial charge is 0.115 e. The molecule has 0 amide bonds. The fraction of sp³-hybridized carbons (Fsp3) is 0.600. The molecule has 0 radical (unpaired) electrons. The first-order valence-corrected chi connectivity index (χ1v) is 4.70. The van der Waals surface area contributed by atoms with Gasteiger partial charge in [-0.25, -0.2) is 9.97 Å². The van der Waals surface area contributed by atoms with Crippen molar-refractivity contribution < 1.29 is 0 Å². The molecule has 0 atom stereocenters. The van der Waals surface area contributed by atoms with E-state index in [2.05, 4.69) is 9.97 Å². The molecule has 1 aromatic rings. The van der Waals surface area contributed by atoms with Gasteiger partial charge in [0.25, 0.3) is 0 Å². The molecule has 0 saturated heterocycles. The number of rotatable bonds is 2. The Bertz CT molecular complexity index is 227. The van der Waals surface area contributed by atoms with Crippen molar-refractivity contribution >= 4 is 0 Å². The third-order valence-electron chi connectivity index (χ3n) is 2.62. The maximum Gasteiger partial charge on any atom is 0.115 e. The largest absolute Gasteiger partial charge is 0.245 e. The van der Waals surface area contributed by atoms with Gasteiger partial charge >= 0.3 is 0 Å². The molecule has 1 heterocycles. The highest BCUT2D eigenvalue weighted by Gasteiger charge is 2.15. The van der Waals surface area contributed by atoms with E-state index in [1.807, 2.05) is 12.3 Å². The van der Waals surface area contributed by atoms with Crippen LogP contribution < -0.4 is 0 Å². The predicted octanol–water partition coefficient (Wildman–Crippen LogP) is 2.21. The van der Waals surface area contributed by atoms with E-state index >= 15 is 0 Å². The number of hydrogen-bond acceptors (Lipinski definition) is 2. The molecule has 1 aromatic heterocycles. The summed E-state index contributed by atoms with van der Waals surface area (Å²) in [6.45, 7) is 0. The molecule has 0 spiro atoms. The molecule has 0 N–H and O–H groups in total. The first-order valence-electron chi connectivity index (χ1n) is 4.70. The summed E-state index contributed by atoms with van der Waals surface area (Å²) in [6.07, 6.45) is 10.2. The molecule has 2 rings (SSSR count). The highest BCUT2D eigenvalue weighted by atomic mass is 14.8. The summed E-state index contributed by atoms with van der Waals surface area (Å²) < 4.78 is 0. The van der Waals surface area contributed by atoms with Gasteiger partial charge in [-0.2, -0.15) is 0 Å². The van der Waals surface area contributed by atoms with E-state index in [-0.39, 0.29) is 0 Å². The van der Waals surface area contributed by atoms with Gasteiger partial charge in [0.2, 0.25) is 0 Å². The molecule has 1 aliphatic rings. The van der Waals surface area contributed by atoms with Crippen molar-refractivity contribution in [3.63, 3.8) is 0 Å². The standard InChI is InChI=1S/C10H14N2/c1-2-4-9(3-1)7-10-5-6-11-8-12-10/h5-6,8-9H,1-4,7H2. The molecule has 1 fully saturated rings. The molecule has 0 unspecified atom stereocenters. The van der Waals surface area contributed by atoms with Gasteiger partial charge in [0.15, 0.2) is 0 Å². The molecule has 2 heteroatoms. The molecule has 0 aliphatic heterocycles. The van der Waals surface area contributed by atoms with E-state index in [0.717, 1.165) is 12.3 Å². The molecule has 0 aromatic carbocycles. The van der Waals surface area contributed by atoms with Crippen LogP contribution in [0.2, 0.25) is 0 Å². The third-order valence-corrected chi connectivity index (χ3v) is 2.62. The molecule has 0 bridgehead atoms. The molecular formula is C10H14N2. The van der Waals surface area contributed by atoms with Crippen molar-refractivity contribution in [1.82, 2.24) is 9.97 Å². The maximum atomic E-state index is 4.23. The van der Waals surface area contributed by atoms with Gasteiger partial charge in [-0.3, -0.25) is 0 Å². The minimum Gasteiger partial charge on any atom is -0.245 e. The van der Waals surface area contributed by atoms with Crippen LogP contribution in [0.1, 0.15) is 31.4 Å². The van der Waals surface area contributed by atoms with Crippen molar-refractivity contribution in [2.45, 2.75) is 32.1 Å². The van der Waals surface area contributed by atoms with Gasteiger partial charge in [-0.15, -0.1) is 0 Å². The number of hydrogen-bond donors (Lipinski definition) is 0. The zero-order chi connectivity index (χ0) is 8.23. The fourth-order valence-corrected chi connectivity index (χ4v) is 1.95. The van der Waals surface area contributed by atoms with E-state index < -0.39 is 0 Å². The fourth-order valence-electron chi connectivity index (χ4n) is 1.95. The second-order valence-corrected chi connectivity index (χ2v) is 3.56. The average molecular weight is 162 g/mol. The van der Waals surface area contributed by atoms with Crippen molar-refractivity contribution in [2.75, 3.05) is 0 Å². The third kappa shape index (κ3) is 1.81. The van der Waals surface area contributed by atoms with E-state index in [0.29, 0.717) is 0 Å². The van der Waals surface area contributed by atoms with Gasteiger partial charge in [-0.1, -0.05) is 25.7 Å². The van der Waals surface area contributed by atoms with Crippen LogP contribution in [0.5, 0.6) is 0 Å². The Hall–Kier alpha value is -0.920. The summed E-state index contributed by atoms with van der Waals surface area (Å²) in [4.78, 5) is 8.14. The number of aromatic nitrogens is 2. The van der Waals surface area contributed by atoms with E-state index in [9.17, 15) is 0 Å². The zero-order valence-corrected chi connectivity index (χ0v) is 7.24. The van der Waals surface area contributed by atoms with Gasteiger partial charge in [0, 0.05) is 11.9 Å². The van der Waals surface area contributed by atoms with E-state index in [1.165, 1.54) is 31.4 Å². The Morgan fingerprint density at radius 1 is 1.33 bits per heavy atom. The van der Waals surface area contributed by atoms with Crippen molar-refractivity contribution in [2.24, 2.45) is 5.92 Å². The molecule has 2 nitrogen and oxygen atoms in total. The van der Waals surface area contributed by atoms with Crippen LogP contribution in [0.3, 0.4) is 0 Å². The first kappa shape index (κ1) is 7.71. The lowest BCUT2D eigenvalue weighted by atomic mass is 10.0. The summed E-state index contributed by atoms with van der Waals surface area (Å²) in [5, 5.41) is 0. The lowest BCUT2D eigenvalue weighted by Gasteiger charge is -2.06. The zero-order valence-electron chi connectivity index (χ0n) is 7.24. The van der Waals surface area contributed by atoms with E-state index in [4.69, 9.17) is 0 Å². The van der Waals surface area contributed by atoms with Gasteiger partial charge in [0.1, 0.15) is 6.33 Å². The molecular weight excluding hydrogens is 148 g/mol. The number of nitrogens with zero attached hydrogens (tertiary/aromatic N) is 2. The first-order chi connectivity index (χ1) is 5.95. The lowest BCUT2D eigenvalue weighted by molar-refractivity contribution is 0.538. The van der Waals surface area contributed by atoms with Crippen LogP contribution in [-0.2, 0) is 6.42 Å². The van der Waals surface area contributed by atoms with Crippen molar-refractivity contribution in [3.8, 4) is 0 Å².